The maximum atomic E-state index is 14.1. The number of nitrogens with zero attached hydrogens (tertiary/aromatic N) is 2. The van der Waals surface area contributed by atoms with E-state index in [-0.39, 0.29) is 5.82 Å². The van der Waals surface area contributed by atoms with Gasteiger partial charge in [0.15, 0.2) is 0 Å². The number of halogens is 1. The fourth-order valence-electron chi connectivity index (χ4n) is 4.15. The van der Waals surface area contributed by atoms with E-state index in [4.69, 9.17) is 0 Å². The highest BCUT2D eigenvalue weighted by atomic mass is 32.2. The molecular formula is C26H26FN3OS. The van der Waals surface area contributed by atoms with Gasteiger partial charge in [-0.05, 0) is 54.3 Å². The number of likely N-dealkylation sites (tertiary alicyclic amines) is 1. The Kier molecular flexibility index (Phi) is 6.69. The predicted molar refractivity (Wildman–Crippen MR) is 127 cm³/mol. The van der Waals surface area contributed by atoms with Crippen LogP contribution in [0.2, 0.25) is 0 Å². The average molecular weight is 448 g/mol. The molecule has 3 aromatic rings. The Balaban J connectivity index is 1.53. The largest absolute Gasteiger partial charge is 0.367 e. The molecule has 32 heavy (non-hydrogen) atoms. The van der Waals surface area contributed by atoms with Crippen LogP contribution >= 0.6 is 0 Å². The lowest BCUT2D eigenvalue weighted by Crippen LogP contribution is -2.48. The fraction of sp³-hybridized carbons (Fsp3) is 0.269. The first-order valence-electron chi connectivity index (χ1n) is 10.7. The third-order valence-corrected chi connectivity index (χ3v) is 6.96. The van der Waals surface area contributed by atoms with Gasteiger partial charge in [0.05, 0.1) is 6.07 Å². The average Bonchev–Trinajstić information content (AvgIpc) is 2.81. The quantitative estimate of drug-likeness (QED) is 0.564. The molecule has 164 valence electrons. The van der Waals surface area contributed by atoms with Crippen molar-refractivity contribution in [1.82, 2.24) is 4.90 Å². The van der Waals surface area contributed by atoms with Gasteiger partial charge in [-0.2, -0.15) is 5.26 Å². The van der Waals surface area contributed by atoms with Gasteiger partial charge >= 0.3 is 0 Å². The number of hydrogen-bond acceptors (Lipinski definition) is 4. The molecule has 0 bridgehead atoms. The molecule has 1 aliphatic heterocycles. The zero-order valence-electron chi connectivity index (χ0n) is 18.1. The van der Waals surface area contributed by atoms with E-state index >= 15 is 0 Å². The van der Waals surface area contributed by atoms with Crippen molar-refractivity contribution >= 4 is 16.5 Å². The van der Waals surface area contributed by atoms with Crippen LogP contribution in [0.5, 0.6) is 0 Å². The maximum Gasteiger partial charge on any atom is 0.127 e. The SMILES string of the molecule is CS(=O)c1ccc(-c2ccc(F)cc2NC2(C#N)CCN(Cc3ccccc3)CC2)cc1. The summed E-state index contributed by atoms with van der Waals surface area (Å²) < 4.78 is 25.8. The van der Waals surface area contributed by atoms with E-state index in [1.807, 2.05) is 42.5 Å². The van der Waals surface area contributed by atoms with E-state index < -0.39 is 16.3 Å². The standard InChI is InChI=1S/C26H26FN3OS/c1-32(31)23-10-7-21(8-11-23)24-12-9-22(27)17-25(24)29-26(19-28)13-15-30(16-14-26)18-20-5-3-2-4-6-20/h2-12,17,29H,13-16,18H2,1H3. The van der Waals surface area contributed by atoms with Crippen molar-refractivity contribution in [3.05, 3.63) is 84.2 Å². The number of rotatable bonds is 6. The van der Waals surface area contributed by atoms with E-state index in [1.54, 1.807) is 12.3 Å². The van der Waals surface area contributed by atoms with Crippen molar-refractivity contribution in [3.63, 3.8) is 0 Å². The first-order chi connectivity index (χ1) is 15.5. The Morgan fingerprint density at radius 2 is 1.75 bits per heavy atom. The summed E-state index contributed by atoms with van der Waals surface area (Å²) in [5.74, 6) is -0.350. The smallest absolute Gasteiger partial charge is 0.127 e. The minimum Gasteiger partial charge on any atom is -0.367 e. The molecule has 1 fully saturated rings. The lowest BCUT2D eigenvalue weighted by atomic mass is 9.87. The van der Waals surface area contributed by atoms with Gasteiger partial charge in [-0.25, -0.2) is 4.39 Å². The summed E-state index contributed by atoms with van der Waals surface area (Å²) in [5, 5.41) is 13.4. The molecule has 0 radical (unpaired) electrons. The number of benzene rings is 3. The van der Waals surface area contributed by atoms with Gasteiger partial charge < -0.3 is 5.32 Å². The van der Waals surface area contributed by atoms with Gasteiger partial charge in [-0.1, -0.05) is 42.5 Å². The predicted octanol–water partition coefficient (Wildman–Crippen LogP) is 5.20. The Morgan fingerprint density at radius 1 is 1.06 bits per heavy atom. The van der Waals surface area contributed by atoms with Crippen molar-refractivity contribution in [3.8, 4) is 17.2 Å². The van der Waals surface area contributed by atoms with Crippen LogP contribution in [0.15, 0.2) is 77.7 Å². The summed E-state index contributed by atoms with van der Waals surface area (Å²) in [6.07, 6.45) is 2.95. The summed E-state index contributed by atoms with van der Waals surface area (Å²) in [5.41, 5.74) is 2.82. The Labute approximate surface area is 191 Å². The molecule has 6 heteroatoms. The molecule has 0 spiro atoms. The molecule has 1 atom stereocenters. The molecule has 1 unspecified atom stereocenters. The Bertz CT molecular complexity index is 1130. The third kappa shape index (κ3) is 5.07. The van der Waals surface area contributed by atoms with E-state index in [0.717, 1.165) is 35.7 Å². The van der Waals surface area contributed by atoms with Gasteiger partial charge in [-0.15, -0.1) is 0 Å². The topological polar surface area (TPSA) is 56.1 Å². The van der Waals surface area contributed by atoms with Crippen molar-refractivity contribution in [2.45, 2.75) is 29.8 Å². The van der Waals surface area contributed by atoms with E-state index in [1.165, 1.54) is 17.7 Å². The lowest BCUT2D eigenvalue weighted by Gasteiger charge is -2.38. The summed E-state index contributed by atoms with van der Waals surface area (Å²) in [4.78, 5) is 3.09. The zero-order valence-corrected chi connectivity index (χ0v) is 18.9. The van der Waals surface area contributed by atoms with Crippen LogP contribution in [-0.4, -0.2) is 34.0 Å². The molecule has 3 aromatic carbocycles. The zero-order chi connectivity index (χ0) is 22.6. The normalized spacial score (nSPS) is 16.8. The minimum atomic E-state index is -1.06. The number of piperidine rings is 1. The van der Waals surface area contributed by atoms with Crippen LogP contribution in [0.1, 0.15) is 18.4 Å². The van der Waals surface area contributed by atoms with Crippen LogP contribution < -0.4 is 5.32 Å². The van der Waals surface area contributed by atoms with Crippen molar-refractivity contribution < 1.29 is 8.60 Å². The minimum absolute atomic E-state index is 0.350. The van der Waals surface area contributed by atoms with Gasteiger partial charge in [0.1, 0.15) is 11.4 Å². The molecule has 1 saturated heterocycles. The Morgan fingerprint density at radius 3 is 2.38 bits per heavy atom. The highest BCUT2D eigenvalue weighted by Gasteiger charge is 2.35. The van der Waals surface area contributed by atoms with Gasteiger partial charge in [0, 0.05) is 52.8 Å². The molecule has 4 nitrogen and oxygen atoms in total. The van der Waals surface area contributed by atoms with Gasteiger partial charge in [-0.3, -0.25) is 9.11 Å². The molecule has 1 heterocycles. The third-order valence-electron chi connectivity index (χ3n) is 6.03. The number of nitriles is 1. The highest BCUT2D eigenvalue weighted by molar-refractivity contribution is 7.84. The maximum absolute atomic E-state index is 14.1. The van der Waals surface area contributed by atoms with Crippen LogP contribution in [0.25, 0.3) is 11.1 Å². The number of anilines is 1. The van der Waals surface area contributed by atoms with E-state index in [0.29, 0.717) is 18.5 Å². The van der Waals surface area contributed by atoms with Gasteiger partial charge in [0.2, 0.25) is 0 Å². The van der Waals surface area contributed by atoms with Crippen molar-refractivity contribution in [2.24, 2.45) is 0 Å². The van der Waals surface area contributed by atoms with Crippen LogP contribution in [0.4, 0.5) is 10.1 Å². The molecule has 0 aliphatic carbocycles. The number of nitrogens with one attached hydrogen (secondary N) is 1. The van der Waals surface area contributed by atoms with Gasteiger partial charge in [0.25, 0.3) is 0 Å². The second kappa shape index (κ2) is 9.64. The second-order valence-electron chi connectivity index (χ2n) is 8.25. The first kappa shape index (κ1) is 22.2. The van der Waals surface area contributed by atoms with Crippen LogP contribution in [-0.2, 0) is 17.3 Å². The molecule has 0 aromatic heterocycles. The van der Waals surface area contributed by atoms with E-state index in [9.17, 15) is 13.9 Å². The van der Waals surface area contributed by atoms with Crippen LogP contribution in [0.3, 0.4) is 0 Å². The van der Waals surface area contributed by atoms with Crippen LogP contribution in [0, 0.1) is 17.1 Å². The van der Waals surface area contributed by atoms with Crippen molar-refractivity contribution in [2.75, 3.05) is 24.7 Å². The fourth-order valence-corrected chi connectivity index (χ4v) is 4.67. The Hall–Kier alpha value is -3.01. The molecule has 1 aliphatic rings. The number of hydrogen-bond donors (Lipinski definition) is 1. The molecular weight excluding hydrogens is 421 g/mol. The summed E-state index contributed by atoms with van der Waals surface area (Å²) in [6.45, 7) is 2.44. The second-order valence-corrected chi connectivity index (χ2v) is 9.63. The molecule has 1 N–H and O–H groups in total. The summed E-state index contributed by atoms with van der Waals surface area (Å²) in [6, 6.07) is 24.8. The first-order valence-corrected chi connectivity index (χ1v) is 12.2. The lowest BCUT2D eigenvalue weighted by molar-refractivity contribution is 0.189. The molecule has 4 rings (SSSR count). The summed E-state index contributed by atoms with van der Waals surface area (Å²) >= 11 is 0. The monoisotopic (exact) mass is 447 g/mol. The molecule has 0 amide bonds. The van der Waals surface area contributed by atoms with Crippen molar-refractivity contribution in [1.29, 1.82) is 5.26 Å². The van der Waals surface area contributed by atoms with E-state index in [2.05, 4.69) is 28.4 Å². The highest BCUT2D eigenvalue weighted by Crippen LogP contribution is 2.34. The summed E-state index contributed by atoms with van der Waals surface area (Å²) in [7, 11) is -1.06. The molecule has 0 saturated carbocycles.